The van der Waals surface area contributed by atoms with E-state index in [9.17, 15) is 4.79 Å². The van der Waals surface area contributed by atoms with E-state index in [1.54, 1.807) is 0 Å². The number of carbonyl (C=O) groups is 1. The van der Waals surface area contributed by atoms with Gasteiger partial charge in [0.25, 0.3) is 0 Å². The van der Waals surface area contributed by atoms with Crippen LogP contribution in [-0.4, -0.2) is 42.5 Å². The van der Waals surface area contributed by atoms with Gasteiger partial charge in [-0.1, -0.05) is 0 Å². The number of aryl methyl sites for hydroxylation is 1. The summed E-state index contributed by atoms with van der Waals surface area (Å²) < 4.78 is 0.991. The van der Waals surface area contributed by atoms with E-state index >= 15 is 0 Å². The molecule has 0 bridgehead atoms. The molecule has 1 saturated heterocycles. The van der Waals surface area contributed by atoms with Gasteiger partial charge in [0, 0.05) is 24.6 Å². The predicted molar refractivity (Wildman–Crippen MR) is 75.8 cm³/mol. The van der Waals surface area contributed by atoms with E-state index in [0.717, 1.165) is 41.9 Å². The first-order valence-electron chi connectivity index (χ1n) is 6.20. The van der Waals surface area contributed by atoms with Crippen molar-refractivity contribution in [2.75, 3.05) is 31.6 Å². The van der Waals surface area contributed by atoms with Gasteiger partial charge in [-0.05, 0) is 47.8 Å². The normalized spacial score (nSPS) is 14.9. The smallest absolute Gasteiger partial charge is 0.242 e. The number of rotatable bonds is 3. The van der Waals surface area contributed by atoms with Gasteiger partial charge in [0.2, 0.25) is 5.91 Å². The number of nitrogens with zero attached hydrogens (tertiary/aromatic N) is 3. The number of halogens is 1. The van der Waals surface area contributed by atoms with Gasteiger partial charge in [0.15, 0.2) is 0 Å². The maximum Gasteiger partial charge on any atom is 0.242 e. The Morgan fingerprint density at radius 2 is 2.11 bits per heavy atom. The molecule has 1 amide bonds. The minimum absolute atomic E-state index is 0.192. The number of amides is 1. The molecule has 0 spiro atoms. The molecule has 2 rings (SSSR count). The van der Waals surface area contributed by atoms with Crippen molar-refractivity contribution in [2.45, 2.75) is 19.8 Å². The highest BCUT2D eigenvalue weighted by atomic mass is 79.9. The maximum atomic E-state index is 12.0. The van der Waals surface area contributed by atoms with E-state index < -0.39 is 0 Å². The van der Waals surface area contributed by atoms with Crippen molar-refractivity contribution >= 4 is 27.7 Å². The first-order chi connectivity index (χ1) is 8.58. The van der Waals surface area contributed by atoms with E-state index in [2.05, 4.69) is 20.9 Å². The van der Waals surface area contributed by atoms with Crippen LogP contribution in [0.3, 0.4) is 0 Å². The monoisotopic (exact) mass is 311 g/mol. The Morgan fingerprint density at radius 1 is 1.44 bits per heavy atom. The second-order valence-corrected chi connectivity index (χ2v) is 5.53. The van der Waals surface area contributed by atoms with E-state index in [-0.39, 0.29) is 5.91 Å². The fraction of sp³-hybridized carbons (Fsp3) is 0.538. The van der Waals surface area contributed by atoms with Gasteiger partial charge in [0.05, 0.1) is 12.2 Å². The molecule has 0 unspecified atom stereocenters. The first kappa shape index (κ1) is 13.3. The third-order valence-corrected chi connectivity index (χ3v) is 4.07. The highest BCUT2D eigenvalue weighted by molar-refractivity contribution is 9.10. The molecule has 0 N–H and O–H groups in total. The summed E-state index contributed by atoms with van der Waals surface area (Å²) in [5, 5.41) is 0. The number of pyridine rings is 1. The molecular weight excluding hydrogens is 294 g/mol. The van der Waals surface area contributed by atoms with E-state index in [1.807, 2.05) is 35.9 Å². The minimum Gasteiger partial charge on any atom is -0.350 e. The lowest BCUT2D eigenvalue weighted by Gasteiger charge is -2.22. The molecule has 2 heterocycles. The van der Waals surface area contributed by atoms with Crippen LogP contribution in [0, 0.1) is 6.92 Å². The molecule has 0 radical (unpaired) electrons. The summed E-state index contributed by atoms with van der Waals surface area (Å²) >= 11 is 3.43. The summed E-state index contributed by atoms with van der Waals surface area (Å²) in [6, 6.07) is 3.89. The van der Waals surface area contributed by atoms with E-state index in [4.69, 9.17) is 0 Å². The van der Waals surface area contributed by atoms with Crippen LogP contribution in [0.15, 0.2) is 16.6 Å². The zero-order valence-electron chi connectivity index (χ0n) is 10.8. The lowest BCUT2D eigenvalue weighted by molar-refractivity contribution is -0.128. The van der Waals surface area contributed by atoms with Gasteiger partial charge >= 0.3 is 0 Å². The third kappa shape index (κ3) is 3.02. The molecule has 1 aromatic heterocycles. The summed E-state index contributed by atoms with van der Waals surface area (Å²) in [6.07, 6.45) is 2.26. The fourth-order valence-corrected chi connectivity index (χ4v) is 2.31. The number of anilines is 1. The highest BCUT2D eigenvalue weighted by Crippen LogP contribution is 2.18. The Kier molecular flexibility index (Phi) is 4.22. The summed E-state index contributed by atoms with van der Waals surface area (Å²) in [5.41, 5.74) is 0.938. The molecule has 1 aromatic rings. The Hall–Kier alpha value is -1.10. The molecule has 5 heteroatoms. The summed E-state index contributed by atoms with van der Waals surface area (Å²) in [7, 11) is 1.91. The number of hydrogen-bond donors (Lipinski definition) is 0. The molecule has 0 aromatic carbocycles. The van der Waals surface area contributed by atoms with Crippen LogP contribution >= 0.6 is 15.9 Å². The standard InChI is InChI=1S/C13H18BrN3O/c1-10-11(14)5-6-12(15-10)16(2)9-13(18)17-7-3-4-8-17/h5-6H,3-4,7-9H2,1-2H3. The Bertz CT molecular complexity index is 444. The molecule has 0 saturated carbocycles. The largest absolute Gasteiger partial charge is 0.350 e. The van der Waals surface area contributed by atoms with Crippen molar-refractivity contribution in [3.63, 3.8) is 0 Å². The molecular formula is C13H18BrN3O. The van der Waals surface area contributed by atoms with Crippen molar-refractivity contribution in [2.24, 2.45) is 0 Å². The van der Waals surface area contributed by atoms with Crippen LogP contribution < -0.4 is 4.90 Å². The quantitative estimate of drug-likeness (QED) is 0.858. The summed E-state index contributed by atoms with van der Waals surface area (Å²) in [4.78, 5) is 20.3. The van der Waals surface area contributed by atoms with Gasteiger partial charge in [-0.25, -0.2) is 4.98 Å². The van der Waals surface area contributed by atoms with Crippen LogP contribution in [0.4, 0.5) is 5.82 Å². The summed E-state index contributed by atoms with van der Waals surface area (Å²) in [6.45, 7) is 4.15. The second kappa shape index (κ2) is 5.69. The number of hydrogen-bond acceptors (Lipinski definition) is 3. The minimum atomic E-state index is 0.192. The topological polar surface area (TPSA) is 36.4 Å². The Morgan fingerprint density at radius 3 is 2.72 bits per heavy atom. The van der Waals surface area contributed by atoms with Crippen molar-refractivity contribution in [1.82, 2.24) is 9.88 Å². The van der Waals surface area contributed by atoms with Crippen LogP contribution in [0.1, 0.15) is 18.5 Å². The summed E-state index contributed by atoms with van der Waals surface area (Å²) in [5.74, 6) is 1.03. The lowest BCUT2D eigenvalue weighted by atomic mass is 10.3. The van der Waals surface area contributed by atoms with Crippen molar-refractivity contribution in [1.29, 1.82) is 0 Å². The SMILES string of the molecule is Cc1nc(N(C)CC(=O)N2CCCC2)ccc1Br. The number of aromatic nitrogens is 1. The molecule has 0 aliphatic carbocycles. The lowest BCUT2D eigenvalue weighted by Crippen LogP contribution is -2.37. The van der Waals surface area contributed by atoms with Crippen LogP contribution in [0.25, 0.3) is 0 Å². The number of carbonyl (C=O) groups excluding carboxylic acids is 1. The van der Waals surface area contributed by atoms with Crippen molar-refractivity contribution in [3.8, 4) is 0 Å². The van der Waals surface area contributed by atoms with Crippen molar-refractivity contribution < 1.29 is 4.79 Å². The average Bonchev–Trinajstić information content (AvgIpc) is 2.86. The van der Waals surface area contributed by atoms with Crippen LogP contribution in [0.5, 0.6) is 0 Å². The Balaban J connectivity index is 2.00. The van der Waals surface area contributed by atoms with E-state index in [0.29, 0.717) is 6.54 Å². The molecule has 98 valence electrons. The number of likely N-dealkylation sites (N-methyl/N-ethyl adjacent to an activating group) is 1. The average molecular weight is 312 g/mol. The molecule has 1 aliphatic heterocycles. The fourth-order valence-electron chi connectivity index (χ4n) is 2.09. The van der Waals surface area contributed by atoms with E-state index in [1.165, 1.54) is 0 Å². The molecule has 18 heavy (non-hydrogen) atoms. The first-order valence-corrected chi connectivity index (χ1v) is 6.99. The molecule has 1 aliphatic rings. The Labute approximate surface area is 116 Å². The van der Waals surface area contributed by atoms with Crippen LogP contribution in [0.2, 0.25) is 0 Å². The highest BCUT2D eigenvalue weighted by Gasteiger charge is 2.19. The van der Waals surface area contributed by atoms with Crippen molar-refractivity contribution in [3.05, 3.63) is 22.3 Å². The zero-order chi connectivity index (χ0) is 13.1. The molecule has 1 fully saturated rings. The molecule has 0 atom stereocenters. The van der Waals surface area contributed by atoms with Gasteiger partial charge in [-0.15, -0.1) is 0 Å². The second-order valence-electron chi connectivity index (χ2n) is 4.68. The van der Waals surface area contributed by atoms with Crippen LogP contribution in [-0.2, 0) is 4.79 Å². The maximum absolute atomic E-state index is 12.0. The zero-order valence-corrected chi connectivity index (χ0v) is 12.4. The van der Waals surface area contributed by atoms with Gasteiger partial charge in [0.1, 0.15) is 5.82 Å². The third-order valence-electron chi connectivity index (χ3n) is 3.23. The van der Waals surface area contributed by atoms with Gasteiger partial charge in [-0.3, -0.25) is 4.79 Å². The molecule has 4 nitrogen and oxygen atoms in total. The predicted octanol–water partition coefficient (Wildman–Crippen LogP) is 2.21. The number of likely N-dealkylation sites (tertiary alicyclic amines) is 1. The van der Waals surface area contributed by atoms with Gasteiger partial charge in [-0.2, -0.15) is 0 Å². The van der Waals surface area contributed by atoms with Gasteiger partial charge < -0.3 is 9.80 Å².